The van der Waals surface area contributed by atoms with E-state index in [1.807, 2.05) is 0 Å². The van der Waals surface area contributed by atoms with Crippen LogP contribution < -0.4 is 10.2 Å². The second-order valence-corrected chi connectivity index (χ2v) is 5.45. The highest BCUT2D eigenvalue weighted by molar-refractivity contribution is 5.46. The van der Waals surface area contributed by atoms with Gasteiger partial charge >= 0.3 is 6.18 Å². The number of hydrogen-bond donors (Lipinski definition) is 2. The van der Waals surface area contributed by atoms with Crippen LogP contribution in [0, 0.1) is 0 Å². The highest BCUT2D eigenvalue weighted by atomic mass is 19.4. The summed E-state index contributed by atoms with van der Waals surface area (Å²) in [6.45, 7) is 4.87. The van der Waals surface area contributed by atoms with Crippen LogP contribution in [0.4, 0.5) is 24.9 Å². The first kappa shape index (κ1) is 15.8. The predicted octanol–water partition coefficient (Wildman–Crippen LogP) is 2.28. The number of hydrogen-bond acceptors (Lipinski definition) is 5. The number of aliphatic hydroxyl groups is 1. The van der Waals surface area contributed by atoms with Crippen LogP contribution in [0.3, 0.4) is 0 Å². The number of rotatable bonds is 3. The molecule has 2 N–H and O–H groups in total. The molecule has 2 heterocycles. The molecule has 118 valence electrons. The molecule has 8 heteroatoms. The van der Waals surface area contributed by atoms with Gasteiger partial charge in [-0.05, 0) is 26.7 Å². The number of nitrogens with one attached hydrogen (secondary N) is 1. The van der Waals surface area contributed by atoms with Crippen molar-refractivity contribution in [1.29, 1.82) is 0 Å². The third kappa shape index (κ3) is 3.96. The summed E-state index contributed by atoms with van der Waals surface area (Å²) in [4.78, 5) is 9.37. The van der Waals surface area contributed by atoms with Crippen LogP contribution in [0.2, 0.25) is 0 Å². The van der Waals surface area contributed by atoms with Gasteiger partial charge < -0.3 is 15.3 Å². The SMILES string of the molecule is CCNc1nc(N2CCC(C)(O)CC2)cc(C(F)(F)F)n1. The second kappa shape index (κ2) is 5.67. The summed E-state index contributed by atoms with van der Waals surface area (Å²) in [5.74, 6) is 0.212. The van der Waals surface area contributed by atoms with Crippen molar-refractivity contribution in [3.8, 4) is 0 Å². The van der Waals surface area contributed by atoms with Gasteiger partial charge in [0.05, 0.1) is 5.60 Å². The first-order valence-corrected chi connectivity index (χ1v) is 6.89. The van der Waals surface area contributed by atoms with E-state index >= 15 is 0 Å². The molecule has 0 unspecified atom stereocenters. The third-order valence-electron chi connectivity index (χ3n) is 3.50. The summed E-state index contributed by atoms with van der Waals surface area (Å²) in [5.41, 5.74) is -1.72. The van der Waals surface area contributed by atoms with E-state index < -0.39 is 17.5 Å². The van der Waals surface area contributed by atoms with Crippen molar-refractivity contribution < 1.29 is 18.3 Å². The quantitative estimate of drug-likeness (QED) is 0.897. The van der Waals surface area contributed by atoms with Gasteiger partial charge in [0.1, 0.15) is 5.82 Å². The molecule has 0 aromatic carbocycles. The molecule has 0 aliphatic carbocycles. The van der Waals surface area contributed by atoms with Crippen LogP contribution in [0.15, 0.2) is 6.07 Å². The van der Waals surface area contributed by atoms with E-state index in [1.54, 1.807) is 18.7 Å². The molecule has 0 atom stereocenters. The molecule has 0 radical (unpaired) electrons. The fraction of sp³-hybridized carbons (Fsp3) is 0.692. The van der Waals surface area contributed by atoms with Crippen LogP contribution in [-0.2, 0) is 6.18 Å². The van der Waals surface area contributed by atoms with Gasteiger partial charge in [-0.1, -0.05) is 0 Å². The van der Waals surface area contributed by atoms with E-state index in [1.165, 1.54) is 0 Å². The molecule has 1 aromatic heterocycles. The second-order valence-electron chi connectivity index (χ2n) is 5.45. The molecule has 2 rings (SSSR count). The Kier molecular flexibility index (Phi) is 4.27. The standard InChI is InChI=1S/C13H19F3N4O/c1-3-17-11-18-9(13(14,15)16)8-10(19-11)20-6-4-12(2,21)5-7-20/h8,21H,3-7H2,1-2H3,(H,17,18,19). The topological polar surface area (TPSA) is 61.3 Å². The lowest BCUT2D eigenvalue weighted by Gasteiger charge is -2.36. The molecule has 1 aliphatic rings. The van der Waals surface area contributed by atoms with Crippen molar-refractivity contribution in [3.05, 3.63) is 11.8 Å². The first-order chi connectivity index (χ1) is 9.71. The average molecular weight is 304 g/mol. The van der Waals surface area contributed by atoms with Crippen LogP contribution in [0.25, 0.3) is 0 Å². The molecule has 1 aliphatic heterocycles. The normalized spacial score (nSPS) is 18.7. The molecule has 0 saturated carbocycles. The van der Waals surface area contributed by atoms with Gasteiger partial charge in [-0.15, -0.1) is 0 Å². The third-order valence-corrected chi connectivity index (χ3v) is 3.50. The Morgan fingerprint density at radius 3 is 2.48 bits per heavy atom. The van der Waals surface area contributed by atoms with Crippen molar-refractivity contribution in [2.75, 3.05) is 29.9 Å². The van der Waals surface area contributed by atoms with E-state index in [0.29, 0.717) is 32.5 Å². The maximum absolute atomic E-state index is 12.9. The van der Waals surface area contributed by atoms with Gasteiger partial charge in [0.25, 0.3) is 0 Å². The highest BCUT2D eigenvalue weighted by Gasteiger charge is 2.35. The van der Waals surface area contributed by atoms with Crippen molar-refractivity contribution in [2.24, 2.45) is 0 Å². The van der Waals surface area contributed by atoms with Crippen molar-refractivity contribution in [3.63, 3.8) is 0 Å². The van der Waals surface area contributed by atoms with Crippen LogP contribution >= 0.6 is 0 Å². The van der Waals surface area contributed by atoms with Gasteiger partial charge in [0, 0.05) is 25.7 Å². The van der Waals surface area contributed by atoms with Crippen LogP contribution in [0.5, 0.6) is 0 Å². The lowest BCUT2D eigenvalue weighted by atomic mass is 9.94. The Hall–Kier alpha value is -1.57. The number of aromatic nitrogens is 2. The summed E-state index contributed by atoms with van der Waals surface area (Å²) in [6.07, 6.45) is -3.52. The summed E-state index contributed by atoms with van der Waals surface area (Å²) in [6, 6.07) is 0.959. The maximum Gasteiger partial charge on any atom is 0.433 e. The number of alkyl halides is 3. The molecule has 1 saturated heterocycles. The zero-order chi connectivity index (χ0) is 15.7. The largest absolute Gasteiger partial charge is 0.433 e. The molecule has 5 nitrogen and oxygen atoms in total. The monoisotopic (exact) mass is 304 g/mol. The van der Waals surface area contributed by atoms with Gasteiger partial charge in [-0.25, -0.2) is 4.98 Å². The van der Waals surface area contributed by atoms with E-state index in [4.69, 9.17) is 0 Å². The molecule has 1 aromatic rings. The molecule has 0 spiro atoms. The minimum Gasteiger partial charge on any atom is -0.390 e. The molecule has 21 heavy (non-hydrogen) atoms. The lowest BCUT2D eigenvalue weighted by molar-refractivity contribution is -0.141. The van der Waals surface area contributed by atoms with E-state index in [9.17, 15) is 18.3 Å². The highest BCUT2D eigenvalue weighted by Crippen LogP contribution is 2.32. The van der Waals surface area contributed by atoms with Crippen molar-refractivity contribution >= 4 is 11.8 Å². The minimum atomic E-state index is -4.51. The predicted molar refractivity (Wildman–Crippen MR) is 73.3 cm³/mol. The Labute approximate surface area is 121 Å². The molecule has 1 fully saturated rings. The summed E-state index contributed by atoms with van der Waals surface area (Å²) < 4.78 is 38.7. The van der Waals surface area contributed by atoms with Crippen molar-refractivity contribution in [1.82, 2.24) is 9.97 Å². The fourth-order valence-corrected chi connectivity index (χ4v) is 2.20. The first-order valence-electron chi connectivity index (χ1n) is 6.89. The maximum atomic E-state index is 12.9. The van der Waals surface area contributed by atoms with E-state index in [0.717, 1.165) is 6.07 Å². The number of halogens is 3. The summed E-state index contributed by atoms with van der Waals surface area (Å²) in [5, 5.41) is 12.6. The molecule has 0 amide bonds. The Bertz CT molecular complexity index is 495. The molecular formula is C13H19F3N4O. The van der Waals surface area contributed by atoms with Gasteiger partial charge in [0.2, 0.25) is 5.95 Å². The van der Waals surface area contributed by atoms with E-state index in [-0.39, 0.29) is 11.8 Å². The smallest absolute Gasteiger partial charge is 0.390 e. The molecule has 0 bridgehead atoms. The minimum absolute atomic E-state index is 0.0281. The zero-order valence-corrected chi connectivity index (χ0v) is 12.0. The van der Waals surface area contributed by atoms with Gasteiger partial charge in [-0.2, -0.15) is 18.2 Å². The lowest BCUT2D eigenvalue weighted by Crippen LogP contribution is -2.43. The number of anilines is 2. The van der Waals surface area contributed by atoms with Crippen LogP contribution in [-0.4, -0.2) is 40.3 Å². The zero-order valence-electron chi connectivity index (χ0n) is 12.0. The van der Waals surface area contributed by atoms with Gasteiger partial charge in [0.15, 0.2) is 5.69 Å². The Balaban J connectivity index is 2.28. The molecular weight excluding hydrogens is 285 g/mol. The Morgan fingerprint density at radius 2 is 1.95 bits per heavy atom. The number of nitrogens with zero attached hydrogens (tertiary/aromatic N) is 3. The average Bonchev–Trinajstić information content (AvgIpc) is 2.37. The Morgan fingerprint density at radius 1 is 1.33 bits per heavy atom. The summed E-state index contributed by atoms with van der Waals surface area (Å²) in [7, 11) is 0. The van der Waals surface area contributed by atoms with Crippen molar-refractivity contribution in [2.45, 2.75) is 38.5 Å². The fourth-order valence-electron chi connectivity index (χ4n) is 2.20. The van der Waals surface area contributed by atoms with Gasteiger partial charge in [-0.3, -0.25) is 0 Å². The van der Waals surface area contributed by atoms with Crippen LogP contribution in [0.1, 0.15) is 32.4 Å². The number of piperidine rings is 1. The summed E-state index contributed by atoms with van der Waals surface area (Å²) >= 11 is 0. The van der Waals surface area contributed by atoms with E-state index in [2.05, 4.69) is 15.3 Å².